The van der Waals surface area contributed by atoms with Crippen molar-refractivity contribution < 1.29 is 29.3 Å². The molecule has 1 unspecified atom stereocenters. The van der Waals surface area contributed by atoms with Crippen molar-refractivity contribution in [3.63, 3.8) is 0 Å². The molecule has 1 spiro atoms. The second-order valence-corrected chi connectivity index (χ2v) is 12.5. The van der Waals surface area contributed by atoms with Gasteiger partial charge >= 0.3 is 5.97 Å². The van der Waals surface area contributed by atoms with Gasteiger partial charge in [0.1, 0.15) is 17.8 Å². The number of hydrogen-bond donors (Lipinski definition) is 2. The van der Waals surface area contributed by atoms with Crippen LogP contribution in [0.25, 0.3) is 0 Å². The van der Waals surface area contributed by atoms with Crippen molar-refractivity contribution in [1.29, 1.82) is 0 Å². The third kappa shape index (κ3) is 2.63. The number of ketones is 1. The highest BCUT2D eigenvalue weighted by Crippen LogP contribution is 2.73. The van der Waals surface area contributed by atoms with E-state index in [1.54, 1.807) is 12.2 Å². The first-order valence-electron chi connectivity index (χ1n) is 13.2. The van der Waals surface area contributed by atoms with E-state index in [1.165, 1.54) is 0 Å². The first-order valence-corrected chi connectivity index (χ1v) is 13.2. The minimum Gasteiger partial charge on any atom is -0.458 e. The van der Waals surface area contributed by atoms with Crippen LogP contribution in [0.3, 0.4) is 0 Å². The lowest BCUT2D eigenvalue weighted by Gasteiger charge is -2.58. The molecule has 4 aliphatic carbocycles. The van der Waals surface area contributed by atoms with Crippen molar-refractivity contribution in [3.05, 3.63) is 23.3 Å². The van der Waals surface area contributed by atoms with E-state index in [2.05, 4.69) is 20.8 Å². The lowest BCUT2D eigenvalue weighted by Crippen LogP contribution is -2.63. The third-order valence-electron chi connectivity index (χ3n) is 11.6. The van der Waals surface area contributed by atoms with Gasteiger partial charge in [-0.2, -0.15) is 0 Å². The summed E-state index contributed by atoms with van der Waals surface area (Å²) in [5, 5.41) is 20.4. The van der Waals surface area contributed by atoms with E-state index in [9.17, 15) is 19.8 Å². The number of hydrogen-bond acceptors (Lipinski definition) is 6. The Bertz CT molecular complexity index is 999. The van der Waals surface area contributed by atoms with Gasteiger partial charge in [0.2, 0.25) is 0 Å². The summed E-state index contributed by atoms with van der Waals surface area (Å²) in [5.41, 5.74) is 0.129. The molecule has 0 amide bonds. The summed E-state index contributed by atoms with van der Waals surface area (Å²) < 4.78 is 12.1. The Hall–Kier alpha value is -1.50. The molecule has 2 aliphatic heterocycles. The molecule has 186 valence electrons. The highest BCUT2D eigenvalue weighted by Gasteiger charge is 2.80. The van der Waals surface area contributed by atoms with E-state index in [-0.39, 0.29) is 47.8 Å². The molecule has 4 fully saturated rings. The summed E-state index contributed by atoms with van der Waals surface area (Å²) in [4.78, 5) is 25.8. The molecule has 11 atom stereocenters. The highest BCUT2D eigenvalue weighted by molar-refractivity contribution is 5.98. The molecule has 6 aliphatic rings. The molecule has 0 aromatic rings. The molecular weight excluding hydrogens is 432 g/mol. The molecule has 1 saturated heterocycles. The van der Waals surface area contributed by atoms with Gasteiger partial charge in [-0.1, -0.05) is 19.4 Å². The van der Waals surface area contributed by atoms with Crippen LogP contribution in [0.2, 0.25) is 0 Å². The lowest BCUT2D eigenvalue weighted by molar-refractivity contribution is -0.155. The van der Waals surface area contributed by atoms with Crippen molar-refractivity contribution in [1.82, 2.24) is 0 Å². The number of allylic oxidation sites excluding steroid dienone is 1. The molecule has 0 aromatic carbocycles. The number of ether oxygens (including phenoxy) is 2. The zero-order chi connectivity index (χ0) is 24.2. The van der Waals surface area contributed by atoms with Gasteiger partial charge in [-0.3, -0.25) is 4.79 Å². The number of aliphatic hydroxyl groups is 2. The average Bonchev–Trinajstić information content (AvgIpc) is 3.43. The summed E-state index contributed by atoms with van der Waals surface area (Å²) in [6.45, 7) is 8.41. The fourth-order valence-electron chi connectivity index (χ4n) is 9.69. The van der Waals surface area contributed by atoms with Crippen LogP contribution in [0.15, 0.2) is 23.3 Å². The third-order valence-corrected chi connectivity index (χ3v) is 11.6. The van der Waals surface area contributed by atoms with Gasteiger partial charge in [0, 0.05) is 6.42 Å². The van der Waals surface area contributed by atoms with Crippen molar-refractivity contribution in [2.45, 2.75) is 90.1 Å². The van der Waals surface area contributed by atoms with Crippen LogP contribution in [0.5, 0.6) is 0 Å². The van der Waals surface area contributed by atoms with Crippen LogP contribution >= 0.6 is 0 Å². The van der Waals surface area contributed by atoms with Crippen LogP contribution < -0.4 is 0 Å². The van der Waals surface area contributed by atoms with Gasteiger partial charge in [0.15, 0.2) is 5.78 Å². The molecule has 0 aromatic heterocycles. The van der Waals surface area contributed by atoms with Gasteiger partial charge in [-0.15, -0.1) is 0 Å². The fourth-order valence-corrected chi connectivity index (χ4v) is 9.69. The Labute approximate surface area is 201 Å². The summed E-state index contributed by atoms with van der Waals surface area (Å²) in [6, 6.07) is 0. The first-order chi connectivity index (χ1) is 16.1. The van der Waals surface area contributed by atoms with Gasteiger partial charge in [0.05, 0.1) is 23.7 Å². The van der Waals surface area contributed by atoms with Crippen LogP contribution in [0, 0.1) is 40.4 Å². The molecular formula is C28H38O6. The largest absolute Gasteiger partial charge is 0.458 e. The Kier molecular flexibility index (Phi) is 4.90. The maximum absolute atomic E-state index is 13.3. The Balaban J connectivity index is 1.27. The van der Waals surface area contributed by atoms with Crippen molar-refractivity contribution in [2.75, 3.05) is 6.61 Å². The maximum atomic E-state index is 13.3. The number of aliphatic hydroxyl groups excluding tert-OH is 2. The van der Waals surface area contributed by atoms with Gasteiger partial charge in [-0.25, -0.2) is 4.79 Å². The zero-order valence-corrected chi connectivity index (χ0v) is 20.8. The van der Waals surface area contributed by atoms with E-state index in [0.717, 1.165) is 37.7 Å². The van der Waals surface area contributed by atoms with E-state index in [0.29, 0.717) is 29.7 Å². The molecule has 0 bridgehead atoms. The topological polar surface area (TPSA) is 96.4 Å². The molecule has 2 heterocycles. The number of fused-ring (bicyclic) bond motifs is 4. The minimum absolute atomic E-state index is 0.0366. The molecule has 6 heteroatoms. The monoisotopic (exact) mass is 470 g/mol. The first kappa shape index (κ1) is 22.9. The summed E-state index contributed by atoms with van der Waals surface area (Å²) >= 11 is 0. The van der Waals surface area contributed by atoms with Crippen LogP contribution in [-0.4, -0.2) is 52.5 Å². The highest BCUT2D eigenvalue weighted by atomic mass is 16.6. The molecule has 0 radical (unpaired) electrons. The molecule has 6 rings (SSSR count). The van der Waals surface area contributed by atoms with E-state index < -0.39 is 17.1 Å². The van der Waals surface area contributed by atoms with Gasteiger partial charge in [-0.05, 0) is 93.1 Å². The molecule has 3 saturated carbocycles. The number of esters is 1. The predicted molar refractivity (Wildman–Crippen MR) is 124 cm³/mol. The van der Waals surface area contributed by atoms with Crippen LogP contribution in [0.1, 0.15) is 66.2 Å². The maximum Gasteiger partial charge on any atom is 0.336 e. The smallest absolute Gasteiger partial charge is 0.336 e. The zero-order valence-electron chi connectivity index (χ0n) is 20.8. The SMILES string of the molecule is CC1=C(CO)C(=O)O[C@@H]([C@@H](C)C2CC[C@H]3[C@@H]4C[C@H]5O[C@]56[C@@H](O)C=CC(=O)[C@]6(C)[C@H]4CC[C@]23C)C1. The second-order valence-electron chi connectivity index (χ2n) is 12.5. The standard InChI is InChI=1S/C28H38O6/c1-14-11-21(33-25(32)17(14)13-29)15(2)18-5-6-19-16-12-24-28(34-24)23(31)8-7-22(30)27(28,4)20(16)9-10-26(18,19)3/h7-8,15-16,18-21,23-24,29,31H,5-6,9-13H2,1-4H3/t15-,16-,18?,19-,20-,21+,23-,24+,26+,27-,28+/m0/s1. The molecule has 6 nitrogen and oxygen atoms in total. The molecule has 34 heavy (non-hydrogen) atoms. The summed E-state index contributed by atoms with van der Waals surface area (Å²) in [7, 11) is 0. The lowest BCUT2D eigenvalue weighted by atomic mass is 9.44. The number of epoxide rings is 1. The van der Waals surface area contributed by atoms with Crippen molar-refractivity contribution >= 4 is 11.8 Å². The predicted octanol–water partition coefficient (Wildman–Crippen LogP) is 3.35. The summed E-state index contributed by atoms with van der Waals surface area (Å²) in [6.07, 6.45) is 8.23. The molecule has 2 N–H and O–H groups in total. The Morgan fingerprint density at radius 3 is 2.65 bits per heavy atom. The number of carbonyl (C=O) groups is 2. The number of carbonyl (C=O) groups excluding carboxylic acids is 2. The number of rotatable bonds is 3. The summed E-state index contributed by atoms with van der Waals surface area (Å²) in [5.74, 6) is 1.61. The second kappa shape index (κ2) is 7.27. The fraction of sp³-hybridized carbons (Fsp3) is 0.786. The van der Waals surface area contributed by atoms with Crippen LogP contribution in [0.4, 0.5) is 0 Å². The minimum atomic E-state index is -0.719. The van der Waals surface area contributed by atoms with Crippen molar-refractivity contribution in [2.24, 2.45) is 40.4 Å². The quantitative estimate of drug-likeness (QED) is 0.485. The Morgan fingerprint density at radius 2 is 1.94 bits per heavy atom. The van der Waals surface area contributed by atoms with E-state index in [4.69, 9.17) is 9.47 Å². The Morgan fingerprint density at radius 1 is 1.18 bits per heavy atom. The van der Waals surface area contributed by atoms with Gasteiger partial charge < -0.3 is 19.7 Å². The average molecular weight is 471 g/mol. The van der Waals surface area contributed by atoms with Crippen molar-refractivity contribution in [3.8, 4) is 0 Å². The van der Waals surface area contributed by atoms with E-state index >= 15 is 0 Å². The van der Waals surface area contributed by atoms with E-state index in [1.807, 2.05) is 6.92 Å². The van der Waals surface area contributed by atoms with Crippen LogP contribution in [-0.2, 0) is 19.1 Å². The number of cyclic esters (lactones) is 1. The normalized spacial score (nSPS) is 52.4. The van der Waals surface area contributed by atoms with Gasteiger partial charge in [0.25, 0.3) is 0 Å².